The number of carboxylic acid groups (broad SMARTS) is 1. The van der Waals surface area contributed by atoms with Gasteiger partial charge in [0.05, 0.1) is 15.1 Å². The molecule has 0 amide bonds. The van der Waals surface area contributed by atoms with Gasteiger partial charge in [0.25, 0.3) is 10.0 Å². The van der Waals surface area contributed by atoms with Crippen molar-refractivity contribution >= 4 is 42.7 Å². The Labute approximate surface area is 155 Å². The summed E-state index contributed by atoms with van der Waals surface area (Å²) < 4.78 is 28.6. The molecule has 136 valence electrons. The molecule has 1 N–H and O–H groups in total. The number of thiazole rings is 1. The lowest BCUT2D eigenvalue weighted by Gasteiger charge is -2.07. The number of carboxylic acids is 1. The van der Waals surface area contributed by atoms with E-state index in [9.17, 15) is 18.3 Å². The first-order valence-electron chi connectivity index (χ1n) is 7.94. The van der Waals surface area contributed by atoms with E-state index in [0.717, 1.165) is 26.9 Å². The van der Waals surface area contributed by atoms with Crippen molar-refractivity contribution in [3.05, 3.63) is 53.1 Å². The van der Waals surface area contributed by atoms with E-state index in [-0.39, 0.29) is 11.3 Å². The van der Waals surface area contributed by atoms with E-state index in [1.807, 2.05) is 26.0 Å². The Hall–Kier alpha value is -2.45. The fourth-order valence-electron chi connectivity index (χ4n) is 2.67. The molecular weight excluding hydrogens is 372 g/mol. The van der Waals surface area contributed by atoms with Crippen molar-refractivity contribution in [1.82, 2.24) is 4.98 Å². The predicted molar refractivity (Wildman–Crippen MR) is 99.7 cm³/mol. The lowest BCUT2D eigenvalue weighted by atomic mass is 10.1. The third-order valence-corrected chi connectivity index (χ3v) is 6.30. The Bertz CT molecular complexity index is 1070. The molecule has 2 aromatic carbocycles. The zero-order valence-corrected chi connectivity index (χ0v) is 15.9. The summed E-state index contributed by atoms with van der Waals surface area (Å²) in [5, 5.41) is 10.8. The van der Waals surface area contributed by atoms with Gasteiger partial charge in [-0.15, -0.1) is 0 Å². The molecule has 8 heteroatoms. The van der Waals surface area contributed by atoms with E-state index in [4.69, 9.17) is 0 Å². The van der Waals surface area contributed by atoms with E-state index >= 15 is 0 Å². The number of sulfonamides is 1. The summed E-state index contributed by atoms with van der Waals surface area (Å²) in [6.07, 6.45) is 0.196. The SMILES string of the molecule is Cc1cc(C)c2nc(NS(=O)(=O)c3ccc(CCC(=O)[O-])cc3)sc2c1. The highest BCUT2D eigenvalue weighted by Gasteiger charge is 2.17. The second-order valence-electron chi connectivity index (χ2n) is 6.07. The zero-order chi connectivity index (χ0) is 18.9. The Morgan fingerprint density at radius 2 is 1.88 bits per heavy atom. The highest BCUT2D eigenvalue weighted by molar-refractivity contribution is 7.93. The van der Waals surface area contributed by atoms with E-state index in [1.165, 1.54) is 23.5 Å². The average molecular weight is 389 g/mol. The van der Waals surface area contributed by atoms with Gasteiger partial charge in [-0.05, 0) is 61.6 Å². The summed E-state index contributed by atoms with van der Waals surface area (Å²) in [5.74, 6) is -1.13. The second kappa shape index (κ2) is 7.05. The smallest absolute Gasteiger partial charge is 0.263 e. The van der Waals surface area contributed by atoms with Gasteiger partial charge in [-0.1, -0.05) is 29.5 Å². The first-order chi connectivity index (χ1) is 12.2. The summed E-state index contributed by atoms with van der Waals surface area (Å²) in [5.41, 5.74) is 3.62. The van der Waals surface area contributed by atoms with Crippen molar-refractivity contribution in [3.63, 3.8) is 0 Å². The second-order valence-corrected chi connectivity index (χ2v) is 8.78. The van der Waals surface area contributed by atoms with Gasteiger partial charge in [0.1, 0.15) is 0 Å². The highest BCUT2D eigenvalue weighted by Crippen LogP contribution is 2.30. The fraction of sp³-hybridized carbons (Fsp3) is 0.222. The molecule has 0 aliphatic rings. The Kier molecular flexibility index (Phi) is 4.97. The lowest BCUT2D eigenvalue weighted by molar-refractivity contribution is -0.305. The van der Waals surface area contributed by atoms with Gasteiger partial charge in [0.2, 0.25) is 0 Å². The molecule has 3 aromatic rings. The highest BCUT2D eigenvalue weighted by atomic mass is 32.2. The third-order valence-electron chi connectivity index (χ3n) is 3.90. The number of benzene rings is 2. The number of hydrogen-bond donors (Lipinski definition) is 1. The molecule has 0 saturated carbocycles. The first-order valence-corrected chi connectivity index (χ1v) is 10.2. The molecule has 0 bridgehead atoms. The Balaban J connectivity index is 1.82. The number of aromatic nitrogens is 1. The van der Waals surface area contributed by atoms with Gasteiger partial charge in [0, 0.05) is 5.97 Å². The van der Waals surface area contributed by atoms with Crippen LogP contribution >= 0.6 is 11.3 Å². The number of fused-ring (bicyclic) bond motifs is 1. The number of nitrogens with one attached hydrogen (secondary N) is 1. The predicted octanol–water partition coefficient (Wildman–Crippen LogP) is 2.40. The lowest BCUT2D eigenvalue weighted by Crippen LogP contribution is -2.22. The van der Waals surface area contributed by atoms with Crippen LogP contribution in [-0.4, -0.2) is 19.4 Å². The molecule has 0 unspecified atom stereocenters. The van der Waals surface area contributed by atoms with E-state index < -0.39 is 16.0 Å². The van der Waals surface area contributed by atoms with Crippen molar-refractivity contribution < 1.29 is 18.3 Å². The standard InChI is InChI=1S/C18H18N2O4S2/c1-11-9-12(2)17-15(10-11)25-18(19-17)20-26(23,24)14-6-3-13(4-7-14)5-8-16(21)22/h3-4,6-7,9-10H,5,8H2,1-2H3,(H,19,20)(H,21,22)/p-1. The quantitative estimate of drug-likeness (QED) is 0.698. The van der Waals surface area contributed by atoms with Crippen LogP contribution in [0.1, 0.15) is 23.1 Å². The minimum Gasteiger partial charge on any atom is -0.550 e. The molecule has 0 aliphatic heterocycles. The number of anilines is 1. The number of rotatable bonds is 6. The summed E-state index contributed by atoms with van der Waals surface area (Å²) in [7, 11) is -3.76. The van der Waals surface area contributed by atoms with Gasteiger partial charge in [-0.3, -0.25) is 4.72 Å². The largest absolute Gasteiger partial charge is 0.550 e. The summed E-state index contributed by atoms with van der Waals surface area (Å²) in [4.78, 5) is 15.0. The minimum absolute atomic E-state index is 0.0989. The molecule has 1 heterocycles. The summed E-state index contributed by atoms with van der Waals surface area (Å²) in [6.45, 7) is 3.93. The molecule has 3 rings (SSSR count). The molecule has 0 fully saturated rings. The molecule has 0 atom stereocenters. The van der Waals surface area contributed by atoms with Gasteiger partial charge in [-0.2, -0.15) is 0 Å². The number of hydrogen-bond acceptors (Lipinski definition) is 6. The maximum Gasteiger partial charge on any atom is 0.263 e. The molecule has 6 nitrogen and oxygen atoms in total. The van der Waals surface area contributed by atoms with E-state index in [0.29, 0.717) is 11.6 Å². The van der Waals surface area contributed by atoms with E-state index in [2.05, 4.69) is 9.71 Å². The van der Waals surface area contributed by atoms with Crippen molar-refractivity contribution in [3.8, 4) is 0 Å². The number of carbonyl (C=O) groups is 1. The van der Waals surface area contributed by atoms with Gasteiger partial charge in [-0.25, -0.2) is 13.4 Å². The molecule has 0 saturated heterocycles. The van der Waals surface area contributed by atoms with Crippen LogP contribution in [0.3, 0.4) is 0 Å². The molecule has 26 heavy (non-hydrogen) atoms. The van der Waals surface area contributed by atoms with Crippen LogP contribution < -0.4 is 9.83 Å². The van der Waals surface area contributed by atoms with Gasteiger partial charge >= 0.3 is 0 Å². The Morgan fingerprint density at radius 1 is 1.19 bits per heavy atom. The molecule has 0 radical (unpaired) electrons. The van der Waals surface area contributed by atoms with Crippen LogP contribution in [0.4, 0.5) is 5.13 Å². The number of aliphatic carboxylic acids is 1. The molecule has 0 aliphatic carbocycles. The number of carbonyl (C=O) groups excluding carboxylic acids is 1. The van der Waals surface area contributed by atoms with Crippen molar-refractivity contribution in [2.24, 2.45) is 0 Å². The van der Waals surface area contributed by atoms with Crippen LogP contribution in [-0.2, 0) is 21.2 Å². The van der Waals surface area contributed by atoms with Crippen LogP contribution in [0.25, 0.3) is 10.2 Å². The van der Waals surface area contributed by atoms with Crippen LogP contribution in [0, 0.1) is 13.8 Å². The van der Waals surface area contributed by atoms with Gasteiger partial charge < -0.3 is 9.90 Å². The normalized spacial score (nSPS) is 11.6. The van der Waals surface area contributed by atoms with Gasteiger partial charge in [0.15, 0.2) is 5.13 Å². The average Bonchev–Trinajstić information content (AvgIpc) is 2.95. The monoisotopic (exact) mass is 389 g/mol. The van der Waals surface area contributed by atoms with Crippen LogP contribution in [0.15, 0.2) is 41.3 Å². The first kappa shape index (κ1) is 18.3. The van der Waals surface area contributed by atoms with E-state index in [1.54, 1.807) is 12.1 Å². The fourth-order valence-corrected chi connectivity index (χ4v) is 4.95. The third kappa shape index (κ3) is 4.03. The maximum absolute atomic E-state index is 12.6. The zero-order valence-electron chi connectivity index (χ0n) is 14.3. The topological polar surface area (TPSA) is 99.2 Å². The summed E-state index contributed by atoms with van der Waals surface area (Å²) in [6, 6.07) is 10.1. The van der Waals surface area contributed by atoms with Crippen molar-refractivity contribution in [1.29, 1.82) is 0 Å². The molecular formula is C18H17N2O4S2-. The molecule has 1 aromatic heterocycles. The number of nitrogens with zero attached hydrogens (tertiary/aromatic N) is 1. The minimum atomic E-state index is -3.76. The van der Waals surface area contributed by atoms with Crippen LogP contribution in [0.2, 0.25) is 0 Å². The van der Waals surface area contributed by atoms with Crippen LogP contribution in [0.5, 0.6) is 0 Å². The molecule has 0 spiro atoms. The summed E-state index contributed by atoms with van der Waals surface area (Å²) >= 11 is 1.29. The maximum atomic E-state index is 12.6. The van der Waals surface area contributed by atoms with Crippen molar-refractivity contribution in [2.45, 2.75) is 31.6 Å². The Morgan fingerprint density at radius 3 is 2.54 bits per heavy atom. The number of aryl methyl sites for hydroxylation is 3. The van der Waals surface area contributed by atoms with Crippen molar-refractivity contribution in [2.75, 3.05) is 4.72 Å².